The molecule has 0 unspecified atom stereocenters. The van der Waals surface area contributed by atoms with Crippen LogP contribution in [0.2, 0.25) is 0 Å². The zero-order valence-electron chi connectivity index (χ0n) is 12.0. The summed E-state index contributed by atoms with van der Waals surface area (Å²) in [7, 11) is 0. The third-order valence-corrected chi connectivity index (χ3v) is 3.52. The number of carbonyl (C=O) groups is 1. The van der Waals surface area contributed by atoms with Gasteiger partial charge in [0.25, 0.3) is 0 Å². The summed E-state index contributed by atoms with van der Waals surface area (Å²) in [6.45, 7) is 4.16. The second-order valence-electron chi connectivity index (χ2n) is 4.86. The monoisotopic (exact) mass is 280 g/mol. The number of nitrogens with zero attached hydrogens (tertiary/aromatic N) is 1. The van der Waals surface area contributed by atoms with Crippen molar-refractivity contribution < 1.29 is 9.53 Å². The molecule has 0 bridgehead atoms. The van der Waals surface area contributed by atoms with E-state index in [4.69, 9.17) is 4.74 Å². The van der Waals surface area contributed by atoms with E-state index in [1.807, 2.05) is 31.2 Å². The Labute approximate surface area is 122 Å². The lowest BCUT2D eigenvalue weighted by molar-refractivity contribution is 0.0527. The average molecular weight is 280 g/mol. The van der Waals surface area contributed by atoms with Crippen molar-refractivity contribution in [3.63, 3.8) is 0 Å². The maximum Gasteiger partial charge on any atom is 0.341 e. The second kappa shape index (κ2) is 5.40. The summed E-state index contributed by atoms with van der Waals surface area (Å²) in [6, 6.07) is 12.2. The van der Waals surface area contributed by atoms with Crippen molar-refractivity contribution in [2.24, 2.45) is 0 Å². The zero-order chi connectivity index (χ0) is 14.8. The van der Waals surface area contributed by atoms with Gasteiger partial charge in [0.15, 0.2) is 0 Å². The van der Waals surface area contributed by atoms with Crippen LogP contribution in [-0.2, 0) is 4.74 Å². The summed E-state index contributed by atoms with van der Waals surface area (Å²) in [5, 5.41) is 9.18. The average Bonchev–Trinajstić information content (AvgIpc) is 2.96. The van der Waals surface area contributed by atoms with Gasteiger partial charge in [0.05, 0.1) is 18.5 Å². The van der Waals surface area contributed by atoms with Gasteiger partial charge in [-0.2, -0.15) is 5.10 Å². The summed E-state index contributed by atoms with van der Waals surface area (Å²) in [6.07, 6.45) is 1.52. The van der Waals surface area contributed by atoms with Crippen LogP contribution in [0.25, 0.3) is 22.0 Å². The van der Waals surface area contributed by atoms with E-state index in [2.05, 4.69) is 22.3 Å². The van der Waals surface area contributed by atoms with Crippen LogP contribution in [0.4, 0.5) is 0 Å². The van der Waals surface area contributed by atoms with Crippen molar-refractivity contribution in [1.29, 1.82) is 0 Å². The molecular weight excluding hydrogens is 264 g/mol. The van der Waals surface area contributed by atoms with Crippen molar-refractivity contribution in [3.8, 4) is 11.3 Å². The molecule has 0 saturated heterocycles. The van der Waals surface area contributed by atoms with Gasteiger partial charge in [-0.25, -0.2) is 4.79 Å². The molecule has 0 fully saturated rings. The minimum Gasteiger partial charge on any atom is -0.462 e. The number of hydrogen-bond donors (Lipinski definition) is 1. The lowest BCUT2D eigenvalue weighted by Gasteiger charge is -2.10. The molecule has 0 atom stereocenters. The summed E-state index contributed by atoms with van der Waals surface area (Å²) < 4.78 is 5.10. The summed E-state index contributed by atoms with van der Waals surface area (Å²) in [5.74, 6) is -0.353. The Kier molecular flexibility index (Phi) is 3.44. The highest BCUT2D eigenvalue weighted by molar-refractivity contribution is 6.03. The summed E-state index contributed by atoms with van der Waals surface area (Å²) in [5.41, 5.74) is 3.26. The lowest BCUT2D eigenvalue weighted by atomic mass is 9.95. The van der Waals surface area contributed by atoms with Crippen LogP contribution in [0.15, 0.2) is 42.6 Å². The van der Waals surface area contributed by atoms with E-state index in [-0.39, 0.29) is 5.97 Å². The normalized spacial score (nSPS) is 10.8. The SMILES string of the molecule is CCOC(=O)c1cn[nH]c1-c1c(C)ccc2ccccc12. The molecular formula is C17H16N2O2. The first-order valence-corrected chi connectivity index (χ1v) is 6.91. The van der Waals surface area contributed by atoms with Crippen LogP contribution in [0.1, 0.15) is 22.8 Å². The predicted octanol–water partition coefficient (Wildman–Crippen LogP) is 3.72. The van der Waals surface area contributed by atoms with Crippen LogP contribution in [0.5, 0.6) is 0 Å². The van der Waals surface area contributed by atoms with Gasteiger partial charge < -0.3 is 4.74 Å². The Bertz CT molecular complexity index is 805. The number of esters is 1. The first-order valence-electron chi connectivity index (χ1n) is 6.91. The van der Waals surface area contributed by atoms with E-state index in [1.54, 1.807) is 6.92 Å². The van der Waals surface area contributed by atoms with E-state index >= 15 is 0 Å². The predicted molar refractivity (Wildman–Crippen MR) is 82.2 cm³/mol. The van der Waals surface area contributed by atoms with E-state index in [0.29, 0.717) is 17.9 Å². The molecule has 1 N–H and O–H groups in total. The van der Waals surface area contributed by atoms with Gasteiger partial charge in [0.1, 0.15) is 5.56 Å². The quantitative estimate of drug-likeness (QED) is 0.744. The van der Waals surface area contributed by atoms with E-state index in [0.717, 1.165) is 21.9 Å². The number of rotatable bonds is 3. The Hall–Kier alpha value is -2.62. The minimum absolute atomic E-state index is 0.345. The number of aromatic nitrogens is 2. The minimum atomic E-state index is -0.353. The third kappa shape index (κ3) is 2.29. The van der Waals surface area contributed by atoms with Crippen molar-refractivity contribution in [2.75, 3.05) is 6.61 Å². The number of aromatic amines is 1. The molecule has 4 heteroatoms. The fraction of sp³-hybridized carbons (Fsp3) is 0.176. The number of benzene rings is 2. The molecule has 0 amide bonds. The number of carbonyl (C=O) groups excluding carboxylic acids is 1. The van der Waals surface area contributed by atoms with Gasteiger partial charge in [-0.05, 0) is 30.2 Å². The third-order valence-electron chi connectivity index (χ3n) is 3.52. The van der Waals surface area contributed by atoms with Gasteiger partial charge in [-0.15, -0.1) is 0 Å². The smallest absolute Gasteiger partial charge is 0.341 e. The number of hydrogen-bond acceptors (Lipinski definition) is 3. The number of nitrogens with one attached hydrogen (secondary N) is 1. The van der Waals surface area contributed by atoms with Crippen molar-refractivity contribution >= 4 is 16.7 Å². The second-order valence-corrected chi connectivity index (χ2v) is 4.86. The molecule has 0 aliphatic heterocycles. The summed E-state index contributed by atoms with van der Waals surface area (Å²) >= 11 is 0. The van der Waals surface area contributed by atoms with Crippen LogP contribution in [-0.4, -0.2) is 22.8 Å². The molecule has 0 aliphatic carbocycles. The first-order chi connectivity index (χ1) is 10.2. The van der Waals surface area contributed by atoms with Crippen molar-refractivity contribution in [3.05, 3.63) is 53.7 Å². The van der Waals surface area contributed by atoms with Gasteiger partial charge in [-0.3, -0.25) is 5.10 Å². The number of ether oxygens (including phenoxy) is 1. The molecule has 3 rings (SSSR count). The van der Waals surface area contributed by atoms with Gasteiger partial charge in [-0.1, -0.05) is 36.4 Å². The molecule has 0 aliphatic rings. The molecule has 4 nitrogen and oxygen atoms in total. The van der Waals surface area contributed by atoms with E-state index in [1.165, 1.54) is 6.20 Å². The number of aryl methyl sites for hydroxylation is 1. The van der Waals surface area contributed by atoms with Crippen molar-refractivity contribution in [1.82, 2.24) is 10.2 Å². The Morgan fingerprint density at radius 2 is 2.05 bits per heavy atom. The molecule has 21 heavy (non-hydrogen) atoms. The molecule has 1 aromatic heterocycles. The molecule has 106 valence electrons. The molecule has 0 spiro atoms. The molecule has 1 heterocycles. The maximum atomic E-state index is 12.1. The fourth-order valence-electron chi connectivity index (χ4n) is 2.55. The molecule has 0 radical (unpaired) electrons. The number of fused-ring (bicyclic) bond motifs is 1. The van der Waals surface area contributed by atoms with E-state index < -0.39 is 0 Å². The van der Waals surface area contributed by atoms with Gasteiger partial charge >= 0.3 is 5.97 Å². The topological polar surface area (TPSA) is 55.0 Å². The zero-order valence-corrected chi connectivity index (χ0v) is 12.0. The molecule has 0 saturated carbocycles. The Balaban J connectivity index is 2.24. The standard InChI is InChI=1S/C17H16N2O2/c1-3-21-17(20)14-10-18-19-16(14)15-11(2)8-9-12-6-4-5-7-13(12)15/h4-10H,3H2,1-2H3,(H,18,19). The van der Waals surface area contributed by atoms with Crippen LogP contribution >= 0.6 is 0 Å². The Morgan fingerprint density at radius 1 is 1.24 bits per heavy atom. The lowest BCUT2D eigenvalue weighted by Crippen LogP contribution is -2.05. The number of H-pyrrole nitrogens is 1. The van der Waals surface area contributed by atoms with Crippen molar-refractivity contribution in [2.45, 2.75) is 13.8 Å². The van der Waals surface area contributed by atoms with Gasteiger partial charge in [0.2, 0.25) is 0 Å². The largest absolute Gasteiger partial charge is 0.462 e. The molecule has 2 aromatic carbocycles. The van der Waals surface area contributed by atoms with Crippen LogP contribution in [0.3, 0.4) is 0 Å². The fourth-order valence-corrected chi connectivity index (χ4v) is 2.55. The highest BCUT2D eigenvalue weighted by Crippen LogP contribution is 2.32. The maximum absolute atomic E-state index is 12.1. The Morgan fingerprint density at radius 3 is 2.86 bits per heavy atom. The van der Waals surface area contributed by atoms with E-state index in [9.17, 15) is 4.79 Å². The van der Waals surface area contributed by atoms with Crippen LogP contribution < -0.4 is 0 Å². The highest BCUT2D eigenvalue weighted by atomic mass is 16.5. The van der Waals surface area contributed by atoms with Crippen LogP contribution in [0, 0.1) is 6.92 Å². The molecule has 3 aromatic rings. The first kappa shape index (κ1) is 13.4. The highest BCUT2D eigenvalue weighted by Gasteiger charge is 2.19. The summed E-state index contributed by atoms with van der Waals surface area (Å²) in [4.78, 5) is 12.1. The van der Waals surface area contributed by atoms with Gasteiger partial charge in [0, 0.05) is 5.56 Å².